The van der Waals surface area contributed by atoms with E-state index >= 15 is 0 Å². The van der Waals surface area contributed by atoms with Gasteiger partial charge in [-0.25, -0.2) is 4.79 Å². The largest absolute Gasteiger partial charge is 0.478 e. The van der Waals surface area contributed by atoms with E-state index in [1.54, 1.807) is 12.1 Å². The molecule has 98 valence electrons. The number of benzene rings is 1. The summed E-state index contributed by atoms with van der Waals surface area (Å²) >= 11 is 0. The van der Waals surface area contributed by atoms with E-state index in [-0.39, 0.29) is 5.48 Å². The highest BCUT2D eigenvalue weighted by atomic mass is 16.5. The second kappa shape index (κ2) is 4.96. The van der Waals surface area contributed by atoms with Crippen LogP contribution < -0.4 is 4.90 Å². The molecule has 0 amide bonds. The van der Waals surface area contributed by atoms with Gasteiger partial charge in [-0.05, 0) is 25.0 Å². The van der Waals surface area contributed by atoms with Gasteiger partial charge in [0.1, 0.15) is 0 Å². The highest BCUT2D eigenvalue weighted by Crippen LogP contribution is 2.35. The van der Waals surface area contributed by atoms with Gasteiger partial charge >= 0.3 is 5.97 Å². The zero-order valence-electron chi connectivity index (χ0n) is 10.0. The fraction of sp³-hybridized carbons (Fsp3) is 0.462. The SMILES string of the molecule is O.O=C(O)c1ccccc1N1C2CCC1COC2. The zero-order chi connectivity index (χ0) is 11.8. The lowest BCUT2D eigenvalue weighted by Crippen LogP contribution is -2.46. The number of fused-ring (bicyclic) bond motifs is 2. The summed E-state index contributed by atoms with van der Waals surface area (Å²) in [4.78, 5) is 13.5. The third-order valence-corrected chi connectivity index (χ3v) is 3.65. The molecule has 2 fully saturated rings. The van der Waals surface area contributed by atoms with Crippen molar-refractivity contribution in [3.8, 4) is 0 Å². The van der Waals surface area contributed by atoms with Crippen LogP contribution in [0.2, 0.25) is 0 Å². The Morgan fingerprint density at radius 3 is 2.44 bits per heavy atom. The molecule has 5 heteroatoms. The summed E-state index contributed by atoms with van der Waals surface area (Å²) < 4.78 is 5.52. The van der Waals surface area contributed by atoms with Crippen LogP contribution >= 0.6 is 0 Å². The van der Waals surface area contributed by atoms with Crippen molar-refractivity contribution < 1.29 is 20.1 Å². The Morgan fingerprint density at radius 1 is 1.22 bits per heavy atom. The monoisotopic (exact) mass is 251 g/mol. The van der Waals surface area contributed by atoms with Gasteiger partial charge in [0.15, 0.2) is 0 Å². The first kappa shape index (κ1) is 12.9. The predicted octanol–water partition coefficient (Wildman–Crippen LogP) is 0.928. The summed E-state index contributed by atoms with van der Waals surface area (Å²) in [6.45, 7) is 1.43. The lowest BCUT2D eigenvalue weighted by Gasteiger charge is -2.37. The van der Waals surface area contributed by atoms with Gasteiger partial charge in [-0.3, -0.25) is 0 Å². The number of anilines is 1. The molecule has 0 spiro atoms. The van der Waals surface area contributed by atoms with Gasteiger partial charge in [0.2, 0.25) is 0 Å². The Hall–Kier alpha value is -1.59. The Morgan fingerprint density at radius 2 is 1.83 bits per heavy atom. The van der Waals surface area contributed by atoms with Crippen LogP contribution in [0.25, 0.3) is 0 Å². The molecule has 0 saturated carbocycles. The van der Waals surface area contributed by atoms with E-state index in [4.69, 9.17) is 4.74 Å². The van der Waals surface area contributed by atoms with Crippen LogP contribution in [0.1, 0.15) is 23.2 Å². The van der Waals surface area contributed by atoms with Crippen LogP contribution in [0.5, 0.6) is 0 Å². The van der Waals surface area contributed by atoms with Crippen molar-refractivity contribution in [3.63, 3.8) is 0 Å². The quantitative estimate of drug-likeness (QED) is 0.847. The van der Waals surface area contributed by atoms with Crippen molar-refractivity contribution in [1.82, 2.24) is 0 Å². The first-order valence-corrected chi connectivity index (χ1v) is 5.96. The summed E-state index contributed by atoms with van der Waals surface area (Å²) in [6, 6.07) is 7.93. The maximum Gasteiger partial charge on any atom is 0.337 e. The first-order valence-electron chi connectivity index (χ1n) is 5.96. The number of carbonyl (C=O) groups is 1. The van der Waals surface area contributed by atoms with E-state index in [1.807, 2.05) is 12.1 Å². The van der Waals surface area contributed by atoms with E-state index in [1.165, 1.54) is 0 Å². The number of morpholine rings is 1. The average molecular weight is 251 g/mol. The minimum absolute atomic E-state index is 0. The molecule has 0 aromatic heterocycles. The van der Waals surface area contributed by atoms with E-state index in [0.717, 1.165) is 18.5 Å². The second-order valence-electron chi connectivity index (χ2n) is 4.65. The molecule has 1 aromatic carbocycles. The number of ether oxygens (including phenoxy) is 1. The van der Waals surface area contributed by atoms with Gasteiger partial charge in [-0.2, -0.15) is 0 Å². The number of rotatable bonds is 2. The lowest BCUT2D eigenvalue weighted by molar-refractivity contribution is 0.0693. The fourth-order valence-electron chi connectivity index (χ4n) is 2.90. The van der Waals surface area contributed by atoms with Gasteiger partial charge in [0, 0.05) is 0 Å². The third-order valence-electron chi connectivity index (χ3n) is 3.65. The summed E-state index contributed by atoms with van der Waals surface area (Å²) in [5.41, 5.74) is 1.24. The Balaban J connectivity index is 0.00000120. The Bertz CT molecular complexity index is 432. The summed E-state index contributed by atoms with van der Waals surface area (Å²) in [6.07, 6.45) is 2.19. The Labute approximate surface area is 105 Å². The fourth-order valence-corrected chi connectivity index (χ4v) is 2.90. The van der Waals surface area contributed by atoms with E-state index in [9.17, 15) is 9.90 Å². The predicted molar refractivity (Wildman–Crippen MR) is 67.1 cm³/mol. The highest BCUT2D eigenvalue weighted by molar-refractivity contribution is 5.94. The van der Waals surface area contributed by atoms with Crippen LogP contribution in [0.15, 0.2) is 24.3 Å². The molecule has 0 aliphatic carbocycles. The maximum atomic E-state index is 11.2. The first-order chi connectivity index (χ1) is 8.27. The van der Waals surface area contributed by atoms with E-state index in [0.29, 0.717) is 30.9 Å². The summed E-state index contributed by atoms with van der Waals surface area (Å²) in [7, 11) is 0. The van der Waals surface area contributed by atoms with Crippen LogP contribution in [0, 0.1) is 0 Å². The molecule has 2 saturated heterocycles. The molecule has 18 heavy (non-hydrogen) atoms. The van der Waals surface area contributed by atoms with Crippen LogP contribution in [-0.2, 0) is 4.74 Å². The van der Waals surface area contributed by atoms with Crippen LogP contribution in [-0.4, -0.2) is 41.8 Å². The second-order valence-corrected chi connectivity index (χ2v) is 4.65. The van der Waals surface area contributed by atoms with Crippen molar-refractivity contribution in [2.24, 2.45) is 0 Å². The summed E-state index contributed by atoms with van der Waals surface area (Å²) in [5, 5.41) is 9.23. The lowest BCUT2D eigenvalue weighted by atomic mass is 10.1. The third kappa shape index (κ3) is 1.95. The summed E-state index contributed by atoms with van der Waals surface area (Å²) in [5.74, 6) is -0.855. The molecular formula is C13H17NO4. The molecule has 3 N–H and O–H groups in total. The molecule has 5 nitrogen and oxygen atoms in total. The van der Waals surface area contributed by atoms with Gasteiger partial charge in [0.25, 0.3) is 0 Å². The number of para-hydroxylation sites is 1. The minimum Gasteiger partial charge on any atom is -0.478 e. The van der Waals surface area contributed by atoms with E-state index < -0.39 is 5.97 Å². The molecule has 2 aliphatic rings. The van der Waals surface area contributed by atoms with Crippen molar-refractivity contribution in [2.75, 3.05) is 18.1 Å². The molecule has 1 aromatic rings. The molecule has 2 atom stereocenters. The molecule has 2 aliphatic heterocycles. The van der Waals surface area contributed by atoms with Gasteiger partial charge < -0.3 is 20.2 Å². The number of nitrogens with zero attached hydrogens (tertiary/aromatic N) is 1. The van der Waals surface area contributed by atoms with E-state index in [2.05, 4.69) is 4.90 Å². The molecule has 2 heterocycles. The zero-order valence-corrected chi connectivity index (χ0v) is 10.0. The Kier molecular flexibility index (Phi) is 3.54. The highest BCUT2D eigenvalue weighted by Gasteiger charge is 2.38. The van der Waals surface area contributed by atoms with Crippen LogP contribution in [0.4, 0.5) is 5.69 Å². The molecule has 3 rings (SSSR count). The van der Waals surface area contributed by atoms with Gasteiger partial charge in [-0.1, -0.05) is 12.1 Å². The molecule has 2 unspecified atom stereocenters. The molecule has 2 bridgehead atoms. The number of carboxylic acid groups (broad SMARTS) is 1. The smallest absolute Gasteiger partial charge is 0.337 e. The van der Waals surface area contributed by atoms with Gasteiger partial charge in [-0.15, -0.1) is 0 Å². The van der Waals surface area contributed by atoms with Crippen molar-refractivity contribution in [3.05, 3.63) is 29.8 Å². The molecular weight excluding hydrogens is 234 g/mol. The number of hydrogen-bond donors (Lipinski definition) is 1. The van der Waals surface area contributed by atoms with Crippen molar-refractivity contribution >= 4 is 11.7 Å². The topological polar surface area (TPSA) is 81.3 Å². The standard InChI is InChI=1S/C13H15NO3.H2O/c15-13(16)11-3-1-2-4-12(11)14-9-5-6-10(14)8-17-7-9;/h1-4,9-10H,5-8H2,(H,15,16);1H2. The van der Waals surface area contributed by atoms with Crippen molar-refractivity contribution in [2.45, 2.75) is 24.9 Å². The minimum atomic E-state index is -0.855. The molecule has 0 radical (unpaired) electrons. The number of aromatic carboxylic acids is 1. The average Bonchev–Trinajstić information content (AvgIpc) is 2.58. The normalized spacial score (nSPS) is 25.7. The van der Waals surface area contributed by atoms with Crippen LogP contribution in [0.3, 0.4) is 0 Å². The number of carboxylic acids is 1. The van der Waals surface area contributed by atoms with Gasteiger partial charge in [0.05, 0.1) is 36.5 Å². The maximum absolute atomic E-state index is 11.2. The van der Waals surface area contributed by atoms with Crippen molar-refractivity contribution in [1.29, 1.82) is 0 Å². The number of hydrogen-bond acceptors (Lipinski definition) is 3.